The van der Waals surface area contributed by atoms with Crippen molar-refractivity contribution >= 4 is 21.8 Å². The van der Waals surface area contributed by atoms with Crippen molar-refractivity contribution in [3.63, 3.8) is 0 Å². The molecule has 0 aliphatic carbocycles. The van der Waals surface area contributed by atoms with Crippen molar-refractivity contribution in [1.82, 2.24) is 4.57 Å². The van der Waals surface area contributed by atoms with E-state index >= 15 is 0 Å². The van der Waals surface area contributed by atoms with Crippen molar-refractivity contribution in [2.24, 2.45) is 0 Å². The van der Waals surface area contributed by atoms with Gasteiger partial charge in [-0.05, 0) is 132 Å². The largest absolute Gasteiger partial charge is 0.309 e. The number of halogens is 1. The fraction of sp³-hybridized carbons (Fsp3) is 0.197. The minimum Gasteiger partial charge on any atom is -0.309 e. The smallest absolute Gasteiger partial charge is 0.213 e. The Kier molecular flexibility index (Phi) is 13.1. The zero-order valence-electron chi connectivity index (χ0n) is 44.7. The molecule has 76 heavy (non-hydrogen) atoms. The summed E-state index contributed by atoms with van der Waals surface area (Å²) >= 11 is 0. The van der Waals surface area contributed by atoms with Crippen molar-refractivity contribution in [1.29, 1.82) is 0 Å². The van der Waals surface area contributed by atoms with Gasteiger partial charge in [0.2, 0.25) is 17.1 Å². The number of nitrogens with zero attached hydrogens (tertiary/aromatic N) is 4. The van der Waals surface area contributed by atoms with Crippen LogP contribution in [0.25, 0.3) is 83.5 Å². The monoisotopic (exact) mass is 994 g/mol. The maximum Gasteiger partial charge on any atom is 0.213 e. The maximum atomic E-state index is 12.3. The second-order valence-corrected chi connectivity index (χ2v) is 21.6. The number of alkyl halides is 1. The Morgan fingerprint density at radius 1 is 0.461 bits per heavy atom. The van der Waals surface area contributed by atoms with E-state index in [9.17, 15) is 4.39 Å². The first-order chi connectivity index (χ1) is 37.1. The Morgan fingerprint density at radius 2 is 1.04 bits per heavy atom. The molecule has 7 heterocycles. The Labute approximate surface area is 447 Å². The zero-order chi connectivity index (χ0) is 52.0. The van der Waals surface area contributed by atoms with Crippen LogP contribution in [0.15, 0.2) is 207 Å². The number of benzene rings is 7. The summed E-state index contributed by atoms with van der Waals surface area (Å²) in [5.41, 5.74) is 28.0. The van der Waals surface area contributed by atoms with E-state index in [0.717, 1.165) is 26.1 Å². The highest BCUT2D eigenvalue weighted by atomic mass is 19.1. The number of aryl methyl sites for hydroxylation is 3. The average molecular weight is 994 g/mol. The number of rotatable bonds is 8. The molecule has 374 valence electrons. The van der Waals surface area contributed by atoms with E-state index in [1.807, 2.05) is 0 Å². The minimum atomic E-state index is -0.246. The van der Waals surface area contributed by atoms with E-state index in [1.54, 1.807) is 0 Å². The summed E-state index contributed by atoms with van der Waals surface area (Å²) in [6, 6.07) is 68.4. The van der Waals surface area contributed by atoms with Crippen LogP contribution in [0, 0.1) is 13.8 Å². The molecule has 0 spiro atoms. The van der Waals surface area contributed by atoms with Crippen LogP contribution in [0.1, 0.15) is 90.5 Å². The Bertz CT molecular complexity index is 3940. The van der Waals surface area contributed by atoms with Gasteiger partial charge in [-0.2, -0.15) is 13.7 Å². The number of para-hydroxylation sites is 2. The van der Waals surface area contributed by atoms with Crippen LogP contribution in [0.3, 0.4) is 0 Å². The molecule has 0 saturated carbocycles. The van der Waals surface area contributed by atoms with Crippen LogP contribution in [0.5, 0.6) is 0 Å². The van der Waals surface area contributed by atoms with E-state index in [1.165, 1.54) is 128 Å². The van der Waals surface area contributed by atoms with E-state index in [2.05, 4.69) is 266 Å². The average Bonchev–Trinajstić information content (AvgIpc) is 4.32. The molecule has 4 nitrogen and oxygen atoms in total. The van der Waals surface area contributed by atoms with Gasteiger partial charge in [-0.15, -0.1) is 0 Å². The minimum absolute atomic E-state index is 0.246. The van der Waals surface area contributed by atoms with Gasteiger partial charge in [0, 0.05) is 63.4 Å². The summed E-state index contributed by atoms with van der Waals surface area (Å²) in [4.78, 5) is 0. The zero-order valence-corrected chi connectivity index (χ0v) is 44.7. The molecule has 14 rings (SSSR count). The van der Waals surface area contributed by atoms with Crippen LogP contribution in [0.4, 0.5) is 4.39 Å². The molecule has 0 radical (unpaired) electrons. The summed E-state index contributed by atoms with van der Waals surface area (Å²) in [6.45, 7) is 16.2. The fourth-order valence-electron chi connectivity index (χ4n) is 12.2. The SMILES string of the molecule is CC(C)c1cccc(C(C)C)c1-n1c2ccccc2c2cc3c(cc21)C[n+]1ccccc1-3.Cc1cccc(C)c1-c1ccc2[n+](c1)Cc1ccccc1-2.FCCCc1ccc(-c2ccc3c(c2)-c2cccc[n+]2C3)cc1. The van der Waals surface area contributed by atoms with E-state index < -0.39 is 0 Å². The number of hydrogen-bond acceptors (Lipinski definition) is 0. The first-order valence-corrected chi connectivity index (χ1v) is 27.3. The molecule has 0 amide bonds. The normalized spacial score (nSPS) is 12.4. The number of aromatic nitrogens is 4. The van der Waals surface area contributed by atoms with Crippen LogP contribution in [-0.4, -0.2) is 11.2 Å². The topological polar surface area (TPSA) is 16.6 Å². The Morgan fingerprint density at radius 3 is 1.75 bits per heavy atom. The molecule has 11 aromatic rings. The van der Waals surface area contributed by atoms with Gasteiger partial charge >= 0.3 is 0 Å². The predicted octanol–water partition coefficient (Wildman–Crippen LogP) is 16.2. The maximum absolute atomic E-state index is 12.3. The highest BCUT2D eigenvalue weighted by molar-refractivity contribution is 6.11. The van der Waals surface area contributed by atoms with Gasteiger partial charge in [0.15, 0.2) is 38.2 Å². The van der Waals surface area contributed by atoms with Crippen molar-refractivity contribution in [2.75, 3.05) is 6.67 Å². The third kappa shape index (κ3) is 8.92. The summed E-state index contributed by atoms with van der Waals surface area (Å²) in [7, 11) is 0. The third-order valence-electron chi connectivity index (χ3n) is 16.0. The Balaban J connectivity index is 0.000000118. The molecule has 0 fully saturated rings. The standard InChI is InChI=1S/C30H29N2.C21H19FN.C20H18N/c1-19(2)22-11-9-12-23(20(3)4)30(22)32-28-14-6-5-10-24(28)26-17-25-21(16-29(26)32)18-31-15-8-7-13-27(25)31;22-12-3-4-16-6-8-17(9-7-16)18-10-11-19-15-23-13-2-1-5-21(23)20(19)14-18;1-14-6-5-7-15(2)20(14)17-10-11-19-18-9-4-3-8-16(18)12-21(19)13-17/h5-17,19-20H,18H2,1-4H3;1-2,5-11,13-14H,3-4,12,15H2;3-11,13H,12H2,1-2H3/q3*+1. The van der Waals surface area contributed by atoms with Gasteiger partial charge in [0.25, 0.3) is 0 Å². The van der Waals surface area contributed by atoms with Crippen LogP contribution in [0.2, 0.25) is 0 Å². The van der Waals surface area contributed by atoms with Crippen LogP contribution < -0.4 is 13.7 Å². The van der Waals surface area contributed by atoms with Crippen molar-refractivity contribution in [3.8, 4) is 61.7 Å². The molecule has 0 N–H and O–H groups in total. The van der Waals surface area contributed by atoms with E-state index in [4.69, 9.17) is 0 Å². The first kappa shape index (κ1) is 48.6. The van der Waals surface area contributed by atoms with Crippen LogP contribution in [-0.2, 0) is 26.1 Å². The van der Waals surface area contributed by atoms with Gasteiger partial charge in [0.05, 0.1) is 40.1 Å². The highest BCUT2D eigenvalue weighted by Gasteiger charge is 2.30. The lowest BCUT2D eigenvalue weighted by Crippen LogP contribution is -2.32. The summed E-state index contributed by atoms with van der Waals surface area (Å²) < 4.78 is 21.8. The molecule has 4 aromatic heterocycles. The lowest BCUT2D eigenvalue weighted by molar-refractivity contribution is -0.672. The second-order valence-electron chi connectivity index (χ2n) is 21.6. The van der Waals surface area contributed by atoms with Crippen molar-refractivity contribution < 1.29 is 18.1 Å². The highest BCUT2D eigenvalue weighted by Crippen LogP contribution is 2.42. The molecule has 7 aromatic carbocycles. The Hall–Kier alpha value is -8.28. The molecular weight excluding hydrogens is 928 g/mol. The predicted molar refractivity (Wildman–Crippen MR) is 311 cm³/mol. The lowest BCUT2D eigenvalue weighted by Gasteiger charge is -2.22. The lowest BCUT2D eigenvalue weighted by atomic mass is 9.92. The van der Waals surface area contributed by atoms with Crippen LogP contribution >= 0.6 is 0 Å². The molecule has 0 bridgehead atoms. The van der Waals surface area contributed by atoms with Gasteiger partial charge in [-0.3, -0.25) is 4.39 Å². The summed E-state index contributed by atoms with van der Waals surface area (Å²) in [5.74, 6) is 0.906. The molecule has 3 aliphatic heterocycles. The van der Waals surface area contributed by atoms with Gasteiger partial charge < -0.3 is 4.57 Å². The van der Waals surface area contributed by atoms with Gasteiger partial charge in [0.1, 0.15) is 0 Å². The second kappa shape index (κ2) is 20.4. The number of fused-ring (bicyclic) bond motifs is 12. The fourth-order valence-corrected chi connectivity index (χ4v) is 12.2. The van der Waals surface area contributed by atoms with Gasteiger partial charge in [-0.25, -0.2) is 0 Å². The molecule has 3 aliphatic rings. The van der Waals surface area contributed by atoms with Gasteiger partial charge in [-0.1, -0.05) is 137 Å². The molecule has 0 unspecified atom stereocenters. The number of pyridine rings is 3. The molecule has 0 saturated heterocycles. The summed E-state index contributed by atoms with van der Waals surface area (Å²) in [6.07, 6.45) is 8.04. The molecular formula is C71H66FN4+3. The van der Waals surface area contributed by atoms with Crippen molar-refractivity contribution in [3.05, 3.63) is 251 Å². The summed E-state index contributed by atoms with van der Waals surface area (Å²) in [5, 5.41) is 2.66. The van der Waals surface area contributed by atoms with E-state index in [-0.39, 0.29) is 6.67 Å². The third-order valence-corrected chi connectivity index (χ3v) is 16.0. The van der Waals surface area contributed by atoms with Crippen molar-refractivity contribution in [2.45, 2.75) is 85.9 Å². The quantitative estimate of drug-likeness (QED) is 0.135. The number of hydrogen-bond donors (Lipinski definition) is 0. The first-order valence-electron chi connectivity index (χ1n) is 27.3. The molecule has 0 atom stereocenters. The molecule has 5 heteroatoms. The van der Waals surface area contributed by atoms with E-state index in [0.29, 0.717) is 18.3 Å².